The average molecular weight is 692 g/mol. The average Bonchev–Trinajstić information content (AvgIpc) is 3.08. The second-order valence-corrected chi connectivity index (χ2v) is 13.8. The number of aryl methyl sites for hydroxylation is 1. The molecule has 0 spiro atoms. The van der Waals surface area contributed by atoms with Gasteiger partial charge in [-0.3, -0.25) is 13.9 Å². The molecule has 0 saturated heterocycles. The summed E-state index contributed by atoms with van der Waals surface area (Å²) < 4.78 is 40.6. The van der Waals surface area contributed by atoms with Crippen LogP contribution >= 0.6 is 11.6 Å². The second kappa shape index (κ2) is 16.5. The maximum Gasteiger partial charge on any atom is 0.264 e. The minimum Gasteiger partial charge on any atom is -0.493 e. The lowest BCUT2D eigenvalue weighted by atomic mass is 10.0. The zero-order valence-corrected chi connectivity index (χ0v) is 29.4. The molecule has 0 heterocycles. The fourth-order valence-electron chi connectivity index (χ4n) is 5.17. The van der Waals surface area contributed by atoms with Crippen molar-refractivity contribution in [2.75, 3.05) is 25.1 Å². The van der Waals surface area contributed by atoms with Gasteiger partial charge in [0.05, 0.1) is 24.8 Å². The maximum atomic E-state index is 14.7. The Morgan fingerprint density at radius 3 is 2.15 bits per heavy atom. The van der Waals surface area contributed by atoms with Gasteiger partial charge in [0, 0.05) is 30.1 Å². The van der Waals surface area contributed by atoms with E-state index in [0.717, 1.165) is 15.4 Å². The highest BCUT2D eigenvalue weighted by molar-refractivity contribution is 7.92. The molecule has 0 aliphatic carbocycles. The van der Waals surface area contributed by atoms with E-state index in [1.807, 2.05) is 57.2 Å². The third-order valence-corrected chi connectivity index (χ3v) is 10.1. The summed E-state index contributed by atoms with van der Waals surface area (Å²) in [7, 11) is -1.36. The van der Waals surface area contributed by atoms with Crippen molar-refractivity contribution in [3.05, 3.63) is 119 Å². The normalized spacial score (nSPS) is 12.5. The molecular formula is C37H42ClN3O6S. The highest BCUT2D eigenvalue weighted by Gasteiger charge is 2.35. The van der Waals surface area contributed by atoms with Crippen LogP contribution in [0, 0.1) is 6.92 Å². The number of nitrogens with zero attached hydrogens (tertiary/aromatic N) is 2. The summed E-state index contributed by atoms with van der Waals surface area (Å²) in [6, 6.07) is 26.4. The lowest BCUT2D eigenvalue weighted by Gasteiger charge is -2.34. The smallest absolute Gasteiger partial charge is 0.264 e. The number of amides is 2. The number of rotatable bonds is 15. The zero-order chi connectivity index (χ0) is 34.8. The van der Waals surface area contributed by atoms with E-state index in [2.05, 4.69) is 5.32 Å². The van der Waals surface area contributed by atoms with Crippen molar-refractivity contribution in [2.24, 2.45) is 0 Å². The standard InChI is InChI=1S/C37H42ClN3O6S/c1-6-27(3)39-37(43)33(22-28-11-8-7-9-12-28)40(24-29-13-10-14-30(38)21-29)36(42)25-41(31-17-20-34(46-4)35(23-31)47-5)48(44,45)32-18-15-26(2)16-19-32/h7-21,23,27,33H,6,22,24-25H2,1-5H3,(H,39,43). The molecule has 48 heavy (non-hydrogen) atoms. The summed E-state index contributed by atoms with van der Waals surface area (Å²) in [4.78, 5) is 30.1. The highest BCUT2D eigenvalue weighted by atomic mass is 35.5. The highest BCUT2D eigenvalue weighted by Crippen LogP contribution is 2.34. The van der Waals surface area contributed by atoms with Crippen LogP contribution in [0.1, 0.15) is 37.0 Å². The molecule has 0 radical (unpaired) electrons. The van der Waals surface area contributed by atoms with Crippen LogP contribution in [0.25, 0.3) is 0 Å². The van der Waals surface area contributed by atoms with Gasteiger partial charge in [-0.2, -0.15) is 0 Å². The maximum absolute atomic E-state index is 14.7. The van der Waals surface area contributed by atoms with Gasteiger partial charge in [-0.1, -0.05) is 78.7 Å². The van der Waals surface area contributed by atoms with Crippen LogP contribution in [0.5, 0.6) is 11.5 Å². The van der Waals surface area contributed by atoms with Crippen LogP contribution in [0.3, 0.4) is 0 Å². The Hall–Kier alpha value is -4.54. The summed E-state index contributed by atoms with van der Waals surface area (Å²) in [5.74, 6) is -0.243. The van der Waals surface area contributed by atoms with Crippen molar-refractivity contribution in [2.45, 2.75) is 57.1 Å². The van der Waals surface area contributed by atoms with Gasteiger partial charge in [-0.05, 0) is 67.8 Å². The van der Waals surface area contributed by atoms with Gasteiger partial charge in [0.25, 0.3) is 10.0 Å². The Labute approximate surface area is 288 Å². The molecule has 2 amide bonds. The second-order valence-electron chi connectivity index (χ2n) is 11.5. The van der Waals surface area contributed by atoms with E-state index in [-0.39, 0.29) is 41.2 Å². The summed E-state index contributed by atoms with van der Waals surface area (Å²) in [6.07, 6.45) is 0.893. The molecule has 9 nitrogen and oxygen atoms in total. The van der Waals surface area contributed by atoms with E-state index in [9.17, 15) is 18.0 Å². The van der Waals surface area contributed by atoms with Gasteiger partial charge in [0.2, 0.25) is 11.8 Å². The Kier molecular flexibility index (Phi) is 12.5. The Balaban J connectivity index is 1.85. The number of carbonyl (C=O) groups excluding carboxylic acids is 2. The first-order chi connectivity index (χ1) is 23.0. The Morgan fingerprint density at radius 2 is 1.52 bits per heavy atom. The Bertz CT molecular complexity index is 1800. The topological polar surface area (TPSA) is 105 Å². The summed E-state index contributed by atoms with van der Waals surface area (Å²) >= 11 is 6.33. The predicted octanol–water partition coefficient (Wildman–Crippen LogP) is 6.42. The summed E-state index contributed by atoms with van der Waals surface area (Å²) in [6.45, 7) is 5.12. The number of hydrogen-bond donors (Lipinski definition) is 1. The fourth-order valence-corrected chi connectivity index (χ4v) is 6.79. The van der Waals surface area contributed by atoms with Crippen molar-refractivity contribution in [3.8, 4) is 11.5 Å². The molecule has 0 aliphatic heterocycles. The predicted molar refractivity (Wildman–Crippen MR) is 189 cm³/mol. The van der Waals surface area contributed by atoms with Crippen LogP contribution in [0.15, 0.2) is 102 Å². The molecule has 0 saturated carbocycles. The van der Waals surface area contributed by atoms with Gasteiger partial charge < -0.3 is 19.7 Å². The monoisotopic (exact) mass is 691 g/mol. The van der Waals surface area contributed by atoms with Gasteiger partial charge in [-0.15, -0.1) is 0 Å². The van der Waals surface area contributed by atoms with Crippen LogP contribution in [-0.4, -0.2) is 58.0 Å². The number of sulfonamides is 1. The van der Waals surface area contributed by atoms with Crippen molar-refractivity contribution in [1.82, 2.24) is 10.2 Å². The molecule has 2 atom stereocenters. The molecule has 254 valence electrons. The van der Waals surface area contributed by atoms with Crippen LogP contribution < -0.4 is 19.1 Å². The number of nitrogens with one attached hydrogen (secondary N) is 1. The molecular weight excluding hydrogens is 650 g/mol. The molecule has 0 aromatic heterocycles. The number of carbonyl (C=O) groups is 2. The number of methoxy groups -OCH3 is 2. The van der Waals surface area contributed by atoms with E-state index < -0.39 is 28.5 Å². The summed E-state index contributed by atoms with van der Waals surface area (Å²) in [5.41, 5.74) is 2.60. The SMILES string of the molecule is CCC(C)NC(=O)C(Cc1ccccc1)N(Cc1cccc(Cl)c1)C(=O)CN(c1ccc(OC)c(OC)c1)S(=O)(=O)c1ccc(C)cc1. The minimum atomic E-state index is -4.28. The van der Waals surface area contributed by atoms with Gasteiger partial charge in [0.1, 0.15) is 12.6 Å². The first-order valence-corrected chi connectivity index (χ1v) is 17.5. The molecule has 2 unspecified atom stereocenters. The number of ether oxygens (including phenoxy) is 2. The molecule has 0 fully saturated rings. The van der Waals surface area contributed by atoms with Crippen molar-refractivity contribution in [3.63, 3.8) is 0 Å². The third kappa shape index (κ3) is 9.08. The molecule has 0 bridgehead atoms. The van der Waals surface area contributed by atoms with Crippen LogP contribution in [0.4, 0.5) is 5.69 Å². The van der Waals surface area contributed by atoms with Crippen molar-refractivity contribution >= 4 is 39.1 Å². The quantitative estimate of drug-likeness (QED) is 0.154. The zero-order valence-electron chi connectivity index (χ0n) is 27.9. The van der Waals surface area contributed by atoms with Gasteiger partial charge in [-0.25, -0.2) is 8.42 Å². The van der Waals surface area contributed by atoms with E-state index in [1.165, 1.54) is 37.3 Å². The third-order valence-electron chi connectivity index (χ3n) is 8.06. The molecule has 4 aromatic rings. The molecule has 4 rings (SSSR count). The van der Waals surface area contributed by atoms with E-state index in [0.29, 0.717) is 22.8 Å². The Morgan fingerprint density at radius 1 is 0.854 bits per heavy atom. The number of benzene rings is 4. The number of hydrogen-bond acceptors (Lipinski definition) is 6. The van der Waals surface area contributed by atoms with Crippen molar-refractivity contribution in [1.29, 1.82) is 0 Å². The largest absolute Gasteiger partial charge is 0.493 e. The molecule has 11 heteroatoms. The van der Waals surface area contributed by atoms with Crippen molar-refractivity contribution < 1.29 is 27.5 Å². The molecule has 4 aromatic carbocycles. The lowest BCUT2D eigenvalue weighted by molar-refractivity contribution is -0.140. The fraction of sp³-hybridized carbons (Fsp3) is 0.297. The van der Waals surface area contributed by atoms with Crippen LogP contribution in [-0.2, 0) is 32.6 Å². The van der Waals surface area contributed by atoms with E-state index >= 15 is 0 Å². The molecule has 0 aliphatic rings. The first-order valence-electron chi connectivity index (χ1n) is 15.7. The first kappa shape index (κ1) is 36.3. The summed E-state index contributed by atoms with van der Waals surface area (Å²) in [5, 5.41) is 3.51. The molecule has 1 N–H and O–H groups in total. The van der Waals surface area contributed by atoms with E-state index in [4.69, 9.17) is 21.1 Å². The lowest BCUT2D eigenvalue weighted by Crippen LogP contribution is -2.54. The number of halogens is 1. The van der Waals surface area contributed by atoms with E-state index in [1.54, 1.807) is 42.5 Å². The van der Waals surface area contributed by atoms with Gasteiger partial charge >= 0.3 is 0 Å². The number of anilines is 1. The van der Waals surface area contributed by atoms with Gasteiger partial charge in [0.15, 0.2) is 11.5 Å². The minimum absolute atomic E-state index is 0.00688. The van der Waals surface area contributed by atoms with Crippen LogP contribution in [0.2, 0.25) is 5.02 Å².